The first-order valence-electron chi connectivity index (χ1n) is 11.9. The number of azide groups is 1. The zero-order valence-electron chi connectivity index (χ0n) is 20.7. The quantitative estimate of drug-likeness (QED) is 0.0975. The van der Waals surface area contributed by atoms with Crippen LogP contribution in [0.1, 0.15) is 30.2 Å². The summed E-state index contributed by atoms with van der Waals surface area (Å²) < 4.78 is 25.1. The fraction of sp³-hybridized carbons (Fsp3) is 0.435. The number of hydrogen-bond donors (Lipinski definition) is 4. The Labute approximate surface area is 216 Å². The third-order valence-corrected chi connectivity index (χ3v) is 8.10. The molecule has 0 aliphatic carbocycles. The Morgan fingerprint density at radius 2 is 2.18 bits per heavy atom. The molecule has 3 heterocycles. The van der Waals surface area contributed by atoms with Crippen LogP contribution in [0.4, 0.5) is 0 Å². The lowest BCUT2D eigenvalue weighted by Gasteiger charge is -2.22. The highest BCUT2D eigenvalue weighted by Crippen LogP contribution is 2.41. The molecule has 1 aliphatic heterocycles. The van der Waals surface area contributed by atoms with E-state index in [9.17, 15) is 23.8 Å². The number of para-hydroxylation sites is 1. The monoisotopic (exact) mass is 545 g/mol. The summed E-state index contributed by atoms with van der Waals surface area (Å²) in [6.07, 6.45) is 1.42. The number of fused-ring (bicyclic) bond motifs is 1. The van der Waals surface area contributed by atoms with Crippen molar-refractivity contribution in [1.82, 2.24) is 19.6 Å². The molecule has 1 saturated heterocycles. The predicted octanol–water partition coefficient (Wildman–Crippen LogP) is 2.24. The van der Waals surface area contributed by atoms with Crippen molar-refractivity contribution < 1.29 is 23.7 Å². The highest BCUT2D eigenvalue weighted by Gasteiger charge is 2.38. The molecule has 1 fully saturated rings. The van der Waals surface area contributed by atoms with Crippen LogP contribution in [0, 0.1) is 6.92 Å². The first-order valence-corrected chi connectivity index (χ1v) is 13.7. The van der Waals surface area contributed by atoms with Crippen LogP contribution in [0.5, 0.6) is 0 Å². The fourth-order valence-corrected chi connectivity index (χ4v) is 6.01. The van der Waals surface area contributed by atoms with Crippen molar-refractivity contribution in [2.45, 2.75) is 50.6 Å². The van der Waals surface area contributed by atoms with Crippen molar-refractivity contribution in [2.24, 2.45) is 5.11 Å². The molecule has 0 bridgehead atoms. The van der Waals surface area contributed by atoms with Crippen molar-refractivity contribution >= 4 is 24.4 Å². The van der Waals surface area contributed by atoms with Gasteiger partial charge in [-0.1, -0.05) is 23.3 Å². The molecule has 4 unspecified atom stereocenters. The van der Waals surface area contributed by atoms with Gasteiger partial charge in [0.2, 0.25) is 0 Å². The second kappa shape index (κ2) is 11.4. The third kappa shape index (κ3) is 6.07. The molecule has 2 aromatic heterocycles. The van der Waals surface area contributed by atoms with Gasteiger partial charge in [-0.15, -0.1) is 0 Å². The number of aryl methyl sites for hydroxylation is 1. The number of methoxy groups -OCH3 is 1. The maximum atomic E-state index is 13.1. The third-order valence-electron chi connectivity index (χ3n) is 6.52. The van der Waals surface area contributed by atoms with E-state index in [-0.39, 0.29) is 25.4 Å². The normalized spacial score (nSPS) is 21.5. The van der Waals surface area contributed by atoms with E-state index in [2.05, 4.69) is 25.1 Å². The van der Waals surface area contributed by atoms with E-state index in [4.69, 9.17) is 15.0 Å². The van der Waals surface area contributed by atoms with Crippen molar-refractivity contribution in [3.05, 3.63) is 79.1 Å². The van der Waals surface area contributed by atoms with Gasteiger partial charge in [-0.3, -0.25) is 23.7 Å². The molecule has 15 heteroatoms. The van der Waals surface area contributed by atoms with Crippen molar-refractivity contribution in [3.63, 3.8) is 0 Å². The highest BCUT2D eigenvalue weighted by atomic mass is 31.2. The summed E-state index contributed by atoms with van der Waals surface area (Å²) in [5.74, 6) is -0.693. The van der Waals surface area contributed by atoms with Gasteiger partial charge in [0.1, 0.15) is 12.3 Å². The molecule has 0 spiro atoms. The molecule has 0 radical (unpaired) electrons. The summed E-state index contributed by atoms with van der Waals surface area (Å²) in [5.41, 5.74) is 9.72. The molecule has 1 aliphatic rings. The van der Waals surface area contributed by atoms with E-state index >= 15 is 0 Å². The van der Waals surface area contributed by atoms with Crippen LogP contribution in [-0.2, 0) is 25.3 Å². The van der Waals surface area contributed by atoms with Crippen molar-refractivity contribution in [2.75, 3.05) is 13.3 Å². The Balaban J connectivity index is 1.46. The Morgan fingerprint density at radius 1 is 1.42 bits per heavy atom. The molecule has 0 amide bonds. The van der Waals surface area contributed by atoms with E-state index in [1.807, 2.05) is 24.3 Å². The minimum Gasteiger partial charge on any atom is -0.468 e. The fourth-order valence-electron chi connectivity index (χ4n) is 4.59. The molecule has 4 N–H and O–H groups in total. The van der Waals surface area contributed by atoms with Crippen molar-refractivity contribution in [3.8, 4) is 0 Å². The van der Waals surface area contributed by atoms with Crippen LogP contribution in [0.2, 0.25) is 0 Å². The number of hydrogen-bond acceptors (Lipinski definition) is 7. The van der Waals surface area contributed by atoms with Gasteiger partial charge in [-0.05, 0) is 30.5 Å². The molecular formula is C23H28N7O7P. The van der Waals surface area contributed by atoms with Crippen LogP contribution in [0.25, 0.3) is 21.3 Å². The number of esters is 1. The summed E-state index contributed by atoms with van der Waals surface area (Å²) in [7, 11) is -2.90. The number of rotatable bonds is 10. The molecule has 202 valence electrons. The van der Waals surface area contributed by atoms with Gasteiger partial charge in [0.15, 0.2) is 0 Å². The topological polar surface area (TPSA) is 204 Å². The number of carbonyl (C=O) groups is 1. The molecule has 38 heavy (non-hydrogen) atoms. The first-order chi connectivity index (χ1) is 18.1. The summed E-state index contributed by atoms with van der Waals surface area (Å²) in [5, 5.41) is 7.16. The van der Waals surface area contributed by atoms with Crippen LogP contribution in [-0.4, -0.2) is 56.9 Å². The zero-order valence-corrected chi connectivity index (χ0v) is 21.6. The van der Waals surface area contributed by atoms with E-state index < -0.39 is 49.2 Å². The summed E-state index contributed by atoms with van der Waals surface area (Å²) in [6.45, 7) is 1.54. The number of aromatic nitrogens is 3. The zero-order chi connectivity index (χ0) is 27.4. The molecule has 14 nitrogen and oxygen atoms in total. The van der Waals surface area contributed by atoms with Gasteiger partial charge in [0.25, 0.3) is 13.1 Å². The van der Waals surface area contributed by atoms with Crippen LogP contribution in [0.15, 0.2) is 51.4 Å². The van der Waals surface area contributed by atoms with Gasteiger partial charge in [-0.2, -0.15) is 0 Å². The molecule has 4 rings (SSSR count). The molecule has 5 atom stereocenters. The van der Waals surface area contributed by atoms with Crippen LogP contribution >= 0.6 is 7.52 Å². The molecular weight excluding hydrogens is 517 g/mol. The minimum atomic E-state index is -4.10. The SMILES string of the molecule is COC(=O)[C@H](Cc1c[nH]c2ccccc12)NP(=O)(O)CCC1OC(n2cc(C)c(=O)[nH]c2=O)CC1N=[N+]=[N-]. The Hall–Kier alpha value is -3.67. The van der Waals surface area contributed by atoms with E-state index in [1.165, 1.54) is 24.8 Å². The number of nitrogens with zero attached hydrogens (tertiary/aromatic N) is 4. The Morgan fingerprint density at radius 3 is 2.92 bits per heavy atom. The molecule has 0 saturated carbocycles. The number of aromatic amines is 2. The van der Waals surface area contributed by atoms with E-state index in [1.54, 1.807) is 6.20 Å². The average Bonchev–Trinajstić information content (AvgIpc) is 3.48. The molecule has 1 aromatic carbocycles. The number of carbonyl (C=O) groups excluding carboxylic acids is 1. The Kier molecular flexibility index (Phi) is 8.20. The number of H-pyrrole nitrogens is 2. The number of nitrogens with one attached hydrogen (secondary N) is 3. The maximum Gasteiger partial charge on any atom is 0.330 e. The smallest absolute Gasteiger partial charge is 0.330 e. The largest absolute Gasteiger partial charge is 0.468 e. The summed E-state index contributed by atoms with van der Waals surface area (Å²) in [6, 6.07) is 5.68. The lowest BCUT2D eigenvalue weighted by molar-refractivity contribution is -0.142. The lowest BCUT2D eigenvalue weighted by Crippen LogP contribution is -2.38. The van der Waals surface area contributed by atoms with Crippen molar-refractivity contribution in [1.29, 1.82) is 0 Å². The second-order valence-electron chi connectivity index (χ2n) is 9.10. The minimum absolute atomic E-state index is 0.000964. The van der Waals surface area contributed by atoms with Crippen LogP contribution in [0.3, 0.4) is 0 Å². The van der Waals surface area contributed by atoms with Crippen LogP contribution < -0.4 is 16.3 Å². The van der Waals surface area contributed by atoms with Gasteiger partial charge in [0, 0.05) is 52.8 Å². The van der Waals surface area contributed by atoms with E-state index in [0.29, 0.717) is 5.56 Å². The highest BCUT2D eigenvalue weighted by molar-refractivity contribution is 7.55. The van der Waals surface area contributed by atoms with Gasteiger partial charge >= 0.3 is 11.7 Å². The maximum absolute atomic E-state index is 13.1. The standard InChI is InChI=1S/C23H28N7O7P/c1-13-12-30(23(33)26-21(13)31)20-10-17(27-29-24)19(37-20)7-8-38(34,35)28-18(22(32)36-2)9-14-11-25-16-6-4-3-5-15(14)16/h3-6,11-12,17-20,25H,7-10H2,1-2H3,(H,26,31,33)(H2,28,34,35)/t17?,18-,19?,20?/m0/s1. The predicted molar refractivity (Wildman–Crippen MR) is 138 cm³/mol. The van der Waals surface area contributed by atoms with Gasteiger partial charge in [0.05, 0.1) is 19.3 Å². The molecule has 3 aromatic rings. The average molecular weight is 545 g/mol. The summed E-state index contributed by atoms with van der Waals surface area (Å²) >= 11 is 0. The second-order valence-corrected chi connectivity index (χ2v) is 11.2. The lowest BCUT2D eigenvalue weighted by atomic mass is 10.1. The van der Waals surface area contributed by atoms with Gasteiger partial charge in [-0.25, -0.2) is 9.88 Å². The number of benzene rings is 1. The van der Waals surface area contributed by atoms with Gasteiger partial charge < -0.3 is 19.4 Å². The number of ether oxygens (including phenoxy) is 2. The Bertz CT molecular complexity index is 1540. The van der Waals surface area contributed by atoms with E-state index in [0.717, 1.165) is 16.5 Å². The summed E-state index contributed by atoms with van der Waals surface area (Å²) in [4.78, 5) is 55.3. The first kappa shape index (κ1) is 27.4.